The molecule has 0 heterocycles. The molecule has 0 radical (unpaired) electrons. The number of amidine groups is 1. The van der Waals surface area contributed by atoms with Crippen LogP contribution >= 0.6 is 0 Å². The highest BCUT2D eigenvalue weighted by Gasteiger charge is 2.40. The average molecular weight is 469 g/mol. The normalized spacial score (nSPS) is 11.5. The Balaban J connectivity index is 1.76. The summed E-state index contributed by atoms with van der Waals surface area (Å²) in [6.45, 7) is 0.123. The van der Waals surface area contributed by atoms with Crippen molar-refractivity contribution in [2.75, 3.05) is 0 Å². The number of halogens is 3. The van der Waals surface area contributed by atoms with E-state index in [2.05, 4.69) is 16.8 Å². The molecule has 0 bridgehead atoms. The zero-order chi connectivity index (χ0) is 24.5. The van der Waals surface area contributed by atoms with Gasteiger partial charge in [-0.2, -0.15) is 13.2 Å². The van der Waals surface area contributed by atoms with Crippen LogP contribution in [-0.4, -0.2) is 16.9 Å². The Kier molecular flexibility index (Phi) is 7.64. The molecular weight excluding hydrogens is 445 g/mol. The molecule has 0 aliphatic carbocycles. The maximum Gasteiger partial charge on any atom is 0.449 e. The predicted molar refractivity (Wildman–Crippen MR) is 134 cm³/mol. The van der Waals surface area contributed by atoms with Gasteiger partial charge in [0.2, 0.25) is 5.84 Å². The highest BCUT2D eigenvalue weighted by Crippen LogP contribution is 2.28. The van der Waals surface area contributed by atoms with E-state index in [0.29, 0.717) is 5.56 Å². The van der Waals surface area contributed by atoms with Gasteiger partial charge in [-0.3, -0.25) is 0 Å². The van der Waals surface area contributed by atoms with Crippen molar-refractivity contribution in [1.29, 1.82) is 0 Å². The van der Waals surface area contributed by atoms with Crippen LogP contribution in [0.4, 0.5) is 18.9 Å². The molecule has 0 spiro atoms. The van der Waals surface area contributed by atoms with Gasteiger partial charge in [0.1, 0.15) is 0 Å². The van der Waals surface area contributed by atoms with Crippen molar-refractivity contribution in [3.8, 4) is 11.8 Å². The minimum Gasteiger partial charge on any atom is -0.344 e. The smallest absolute Gasteiger partial charge is 0.344 e. The summed E-state index contributed by atoms with van der Waals surface area (Å²) in [5.41, 5.74) is 2.90. The number of hydrogen-bond donors (Lipinski definition) is 0. The van der Waals surface area contributed by atoms with Crippen molar-refractivity contribution in [2.45, 2.75) is 19.3 Å². The van der Waals surface area contributed by atoms with Crippen LogP contribution in [0.2, 0.25) is 0 Å². The van der Waals surface area contributed by atoms with Crippen LogP contribution in [0.15, 0.2) is 120 Å². The molecular formula is C30H23F3N2. The van der Waals surface area contributed by atoms with Crippen LogP contribution in [0.1, 0.15) is 22.3 Å². The Morgan fingerprint density at radius 3 is 1.66 bits per heavy atom. The summed E-state index contributed by atoms with van der Waals surface area (Å²) in [6.07, 6.45) is -4.66. The van der Waals surface area contributed by atoms with Gasteiger partial charge in [0.15, 0.2) is 0 Å². The monoisotopic (exact) mass is 468 g/mol. The van der Waals surface area contributed by atoms with Crippen LogP contribution < -0.4 is 0 Å². The van der Waals surface area contributed by atoms with Crippen molar-refractivity contribution < 1.29 is 13.2 Å². The van der Waals surface area contributed by atoms with E-state index in [0.717, 1.165) is 16.7 Å². The van der Waals surface area contributed by atoms with Gasteiger partial charge in [-0.05, 0) is 35.4 Å². The third-order valence-corrected chi connectivity index (χ3v) is 5.23. The second-order valence-electron chi connectivity index (χ2n) is 7.89. The zero-order valence-corrected chi connectivity index (χ0v) is 18.9. The van der Waals surface area contributed by atoms with Crippen molar-refractivity contribution in [3.05, 3.63) is 138 Å². The van der Waals surface area contributed by atoms with E-state index in [1.807, 2.05) is 91.0 Å². The molecule has 5 heteroatoms. The summed E-state index contributed by atoms with van der Waals surface area (Å²) >= 11 is 0. The fraction of sp³-hybridized carbons (Fsp3) is 0.100. The standard InChI is InChI=1S/C30H23F3N2/c31-30(32,33)29(34-28-19-11-10-18-27(28)21-20-24-12-4-1-5-13-24)35(22-25-14-6-2-7-15-25)23-26-16-8-3-9-17-26/h1-19H,22-23H2. The Morgan fingerprint density at radius 1 is 0.629 bits per heavy atom. The Bertz CT molecular complexity index is 1280. The third kappa shape index (κ3) is 6.84. The van der Waals surface area contributed by atoms with Crippen LogP contribution in [0.25, 0.3) is 0 Å². The van der Waals surface area contributed by atoms with Gasteiger partial charge in [0.05, 0.1) is 11.3 Å². The van der Waals surface area contributed by atoms with Crippen LogP contribution in [-0.2, 0) is 13.1 Å². The van der Waals surface area contributed by atoms with Gasteiger partial charge in [-0.15, -0.1) is 0 Å². The lowest BCUT2D eigenvalue weighted by Crippen LogP contribution is -2.40. The molecule has 0 unspecified atom stereocenters. The molecule has 0 fully saturated rings. The molecule has 0 saturated heterocycles. The van der Waals surface area contributed by atoms with Gasteiger partial charge >= 0.3 is 6.18 Å². The average Bonchev–Trinajstić information content (AvgIpc) is 2.87. The van der Waals surface area contributed by atoms with Crippen molar-refractivity contribution in [1.82, 2.24) is 4.90 Å². The summed E-state index contributed by atoms with van der Waals surface area (Å²) in [6, 6.07) is 34.1. The number of rotatable bonds is 5. The fourth-order valence-corrected chi connectivity index (χ4v) is 3.58. The lowest BCUT2D eigenvalue weighted by Gasteiger charge is -2.28. The number of hydrogen-bond acceptors (Lipinski definition) is 1. The topological polar surface area (TPSA) is 15.6 Å². The highest BCUT2D eigenvalue weighted by molar-refractivity contribution is 5.90. The number of para-hydroxylation sites is 1. The molecule has 0 N–H and O–H groups in total. The summed E-state index contributed by atoms with van der Waals surface area (Å²) < 4.78 is 43.3. The quantitative estimate of drug-likeness (QED) is 0.169. The first-order valence-corrected chi connectivity index (χ1v) is 11.1. The molecule has 4 aromatic carbocycles. The minimum absolute atomic E-state index is 0.0614. The first-order valence-electron chi connectivity index (χ1n) is 11.1. The predicted octanol–water partition coefficient (Wildman–Crippen LogP) is 7.38. The van der Waals surface area contributed by atoms with Gasteiger partial charge in [-0.25, -0.2) is 4.99 Å². The highest BCUT2D eigenvalue weighted by atomic mass is 19.4. The maximum atomic E-state index is 14.4. The van der Waals surface area contributed by atoms with Gasteiger partial charge in [-0.1, -0.05) is 103 Å². The third-order valence-electron chi connectivity index (χ3n) is 5.23. The van der Waals surface area contributed by atoms with Gasteiger partial charge < -0.3 is 4.90 Å². The number of alkyl halides is 3. The minimum atomic E-state index is -4.66. The van der Waals surface area contributed by atoms with Crippen molar-refractivity contribution in [2.24, 2.45) is 4.99 Å². The summed E-state index contributed by atoms with van der Waals surface area (Å²) in [5.74, 6) is 5.03. The first kappa shape index (κ1) is 23.8. The molecule has 35 heavy (non-hydrogen) atoms. The number of aliphatic imine (C=N–C) groups is 1. The van der Waals surface area contributed by atoms with E-state index < -0.39 is 12.0 Å². The van der Waals surface area contributed by atoms with Crippen LogP contribution in [0.5, 0.6) is 0 Å². The second kappa shape index (κ2) is 11.2. The number of benzene rings is 4. The van der Waals surface area contributed by atoms with Gasteiger partial charge in [0.25, 0.3) is 0 Å². The molecule has 174 valence electrons. The van der Waals surface area contributed by atoms with Gasteiger partial charge in [0, 0.05) is 18.7 Å². The molecule has 0 aromatic heterocycles. The molecule has 0 aliphatic rings. The fourth-order valence-electron chi connectivity index (χ4n) is 3.58. The SMILES string of the molecule is FC(F)(F)C(=Nc1ccccc1C#Cc1ccccc1)N(Cc1ccccc1)Cc1ccccc1. The molecule has 4 rings (SSSR count). The summed E-state index contributed by atoms with van der Waals surface area (Å²) in [7, 11) is 0. The summed E-state index contributed by atoms with van der Waals surface area (Å²) in [5, 5.41) is 0. The largest absolute Gasteiger partial charge is 0.449 e. The maximum absolute atomic E-state index is 14.4. The molecule has 0 saturated carbocycles. The molecule has 0 amide bonds. The Labute approximate surface area is 203 Å². The number of nitrogens with zero attached hydrogens (tertiary/aromatic N) is 2. The van der Waals surface area contributed by atoms with Crippen molar-refractivity contribution in [3.63, 3.8) is 0 Å². The van der Waals surface area contributed by atoms with E-state index in [-0.39, 0.29) is 18.8 Å². The second-order valence-corrected chi connectivity index (χ2v) is 7.89. The van der Waals surface area contributed by atoms with E-state index in [4.69, 9.17) is 0 Å². The molecule has 0 atom stereocenters. The van der Waals surface area contributed by atoms with Crippen LogP contribution in [0.3, 0.4) is 0 Å². The van der Waals surface area contributed by atoms with E-state index in [1.54, 1.807) is 24.3 Å². The van der Waals surface area contributed by atoms with Crippen LogP contribution in [0, 0.1) is 11.8 Å². The zero-order valence-electron chi connectivity index (χ0n) is 18.9. The lowest BCUT2D eigenvalue weighted by atomic mass is 10.1. The van der Waals surface area contributed by atoms with E-state index >= 15 is 0 Å². The lowest BCUT2D eigenvalue weighted by molar-refractivity contribution is -0.0696. The van der Waals surface area contributed by atoms with E-state index in [9.17, 15) is 13.2 Å². The Morgan fingerprint density at radius 2 is 1.11 bits per heavy atom. The molecule has 2 nitrogen and oxygen atoms in total. The Hall–Kier alpha value is -4.30. The molecule has 0 aliphatic heterocycles. The van der Waals surface area contributed by atoms with Crippen molar-refractivity contribution >= 4 is 11.5 Å². The first-order chi connectivity index (χ1) is 17.0. The summed E-state index contributed by atoms with van der Waals surface area (Å²) in [4.78, 5) is 5.42. The molecule has 4 aromatic rings. The van der Waals surface area contributed by atoms with E-state index in [1.165, 1.54) is 4.90 Å².